The zero-order valence-corrected chi connectivity index (χ0v) is 9.15. The highest BCUT2D eigenvalue weighted by molar-refractivity contribution is 5.30. The lowest BCUT2D eigenvalue weighted by atomic mass is 9.98. The highest BCUT2D eigenvalue weighted by Crippen LogP contribution is 2.15. The quantitative estimate of drug-likeness (QED) is 0.546. The molecule has 0 aromatic rings. The third kappa shape index (κ3) is 4.95. The van der Waals surface area contributed by atoms with E-state index in [4.69, 9.17) is 0 Å². The molecule has 0 rings (SSSR count). The largest absolute Gasteiger partial charge is 0.0988 e. The van der Waals surface area contributed by atoms with Crippen LogP contribution in [-0.4, -0.2) is 0 Å². The minimum Gasteiger partial charge on any atom is -0.0988 e. The summed E-state index contributed by atoms with van der Waals surface area (Å²) in [5.41, 5.74) is 2.51. The van der Waals surface area contributed by atoms with Gasteiger partial charge >= 0.3 is 0 Å². The Morgan fingerprint density at radius 1 is 1.08 bits per heavy atom. The van der Waals surface area contributed by atoms with Crippen LogP contribution in [0.4, 0.5) is 0 Å². The molecule has 0 nitrogen and oxygen atoms in total. The molecule has 0 bridgehead atoms. The first kappa shape index (κ1) is 13.8. The maximum absolute atomic E-state index is 3.75. The van der Waals surface area contributed by atoms with Gasteiger partial charge in [-0.05, 0) is 24.0 Å². The number of hydrogen-bond donors (Lipinski definition) is 0. The molecule has 0 fully saturated rings. The molecule has 0 spiro atoms. The average Bonchev–Trinajstić information content (AvgIpc) is 2.08. The van der Waals surface area contributed by atoms with E-state index in [1.165, 1.54) is 11.1 Å². The van der Waals surface area contributed by atoms with Gasteiger partial charge in [-0.1, -0.05) is 53.0 Å². The zero-order valence-electron chi connectivity index (χ0n) is 9.15. The van der Waals surface area contributed by atoms with Gasteiger partial charge in [-0.15, -0.1) is 0 Å². The van der Waals surface area contributed by atoms with Crippen molar-refractivity contribution in [1.82, 2.24) is 0 Å². The van der Waals surface area contributed by atoms with Crippen molar-refractivity contribution < 1.29 is 0 Å². The van der Waals surface area contributed by atoms with Crippen LogP contribution in [0.2, 0.25) is 0 Å². The van der Waals surface area contributed by atoms with Crippen molar-refractivity contribution in [3.63, 3.8) is 0 Å². The van der Waals surface area contributed by atoms with Gasteiger partial charge in [-0.3, -0.25) is 0 Å². The molecule has 0 saturated heterocycles. The molecule has 0 aliphatic carbocycles. The summed E-state index contributed by atoms with van der Waals surface area (Å²) >= 11 is 0. The lowest BCUT2D eigenvalue weighted by Crippen LogP contribution is -1.92. The van der Waals surface area contributed by atoms with Crippen molar-refractivity contribution >= 4 is 0 Å². The standard InChI is InChI=1S/C10H16.C2H6/c1-6-9(5)10(7-2)8(3)4;1-2/h6-8H,1-2H2,3-5H3;1-2H3/b10-9+;. The van der Waals surface area contributed by atoms with Gasteiger partial charge in [0.25, 0.3) is 0 Å². The fourth-order valence-electron chi connectivity index (χ4n) is 0.970. The molecule has 0 heteroatoms. The summed E-state index contributed by atoms with van der Waals surface area (Å²) < 4.78 is 0. The molecule has 0 amide bonds. The van der Waals surface area contributed by atoms with Crippen LogP contribution in [0.5, 0.6) is 0 Å². The Kier molecular flexibility index (Phi) is 9.56. The Labute approximate surface area is 77.7 Å². The lowest BCUT2D eigenvalue weighted by molar-refractivity contribution is 0.784. The SMILES string of the molecule is C=C/C(C)=C(\C=C)C(C)C.CC. The minimum absolute atomic E-state index is 0.551. The van der Waals surface area contributed by atoms with Crippen LogP contribution < -0.4 is 0 Å². The Balaban J connectivity index is 0. The second-order valence-corrected chi connectivity index (χ2v) is 2.70. The van der Waals surface area contributed by atoms with Gasteiger partial charge in [0.2, 0.25) is 0 Å². The van der Waals surface area contributed by atoms with E-state index in [0.717, 1.165) is 0 Å². The molecule has 0 unspecified atom stereocenters. The van der Waals surface area contributed by atoms with Gasteiger partial charge in [0.1, 0.15) is 0 Å². The summed E-state index contributed by atoms with van der Waals surface area (Å²) in [7, 11) is 0. The first-order valence-corrected chi connectivity index (χ1v) is 4.59. The third-order valence-corrected chi connectivity index (χ3v) is 1.60. The maximum atomic E-state index is 3.75. The van der Waals surface area contributed by atoms with Crippen molar-refractivity contribution in [2.75, 3.05) is 0 Å². The Morgan fingerprint density at radius 3 is 1.58 bits per heavy atom. The van der Waals surface area contributed by atoms with Crippen LogP contribution in [0.15, 0.2) is 36.5 Å². The van der Waals surface area contributed by atoms with Gasteiger partial charge in [0, 0.05) is 0 Å². The maximum Gasteiger partial charge on any atom is -0.0216 e. The molecular weight excluding hydrogens is 144 g/mol. The topological polar surface area (TPSA) is 0 Å². The lowest BCUT2D eigenvalue weighted by Gasteiger charge is -2.07. The van der Waals surface area contributed by atoms with E-state index in [1.807, 2.05) is 26.0 Å². The third-order valence-electron chi connectivity index (χ3n) is 1.60. The molecule has 0 radical (unpaired) electrons. The first-order chi connectivity index (χ1) is 5.63. The van der Waals surface area contributed by atoms with Crippen molar-refractivity contribution in [2.24, 2.45) is 5.92 Å². The van der Waals surface area contributed by atoms with Crippen LogP contribution in [0.1, 0.15) is 34.6 Å². The van der Waals surface area contributed by atoms with E-state index in [-0.39, 0.29) is 0 Å². The molecule has 70 valence electrons. The molecule has 12 heavy (non-hydrogen) atoms. The molecule has 0 aromatic carbocycles. The highest BCUT2D eigenvalue weighted by Gasteiger charge is 1.99. The second-order valence-electron chi connectivity index (χ2n) is 2.70. The fraction of sp³-hybridized carbons (Fsp3) is 0.500. The van der Waals surface area contributed by atoms with Gasteiger partial charge in [0.05, 0.1) is 0 Å². The Bertz CT molecular complexity index is 159. The molecule has 0 aliphatic heterocycles. The van der Waals surface area contributed by atoms with Crippen LogP contribution in [-0.2, 0) is 0 Å². The second kappa shape index (κ2) is 8.32. The summed E-state index contributed by atoms with van der Waals surface area (Å²) in [6, 6.07) is 0. The summed E-state index contributed by atoms with van der Waals surface area (Å²) in [6.45, 7) is 17.8. The molecular formula is C12H22. The van der Waals surface area contributed by atoms with E-state index >= 15 is 0 Å². The first-order valence-electron chi connectivity index (χ1n) is 4.59. The molecule has 0 saturated carbocycles. The van der Waals surface area contributed by atoms with Crippen molar-refractivity contribution in [3.8, 4) is 0 Å². The van der Waals surface area contributed by atoms with Crippen molar-refractivity contribution in [3.05, 3.63) is 36.5 Å². The van der Waals surface area contributed by atoms with Crippen LogP contribution in [0.25, 0.3) is 0 Å². The molecule has 0 atom stereocenters. The molecule has 0 aliphatic rings. The van der Waals surface area contributed by atoms with Crippen LogP contribution in [0.3, 0.4) is 0 Å². The van der Waals surface area contributed by atoms with Gasteiger partial charge in [-0.25, -0.2) is 0 Å². The zero-order chi connectivity index (χ0) is 10.1. The number of rotatable bonds is 3. The normalized spacial score (nSPS) is 11.2. The van der Waals surface area contributed by atoms with Crippen molar-refractivity contribution in [1.29, 1.82) is 0 Å². The van der Waals surface area contributed by atoms with E-state index in [9.17, 15) is 0 Å². The Hall–Kier alpha value is -0.780. The van der Waals surface area contributed by atoms with Gasteiger partial charge in [0.15, 0.2) is 0 Å². The van der Waals surface area contributed by atoms with E-state index in [1.54, 1.807) is 0 Å². The summed E-state index contributed by atoms with van der Waals surface area (Å²) in [5, 5.41) is 0. The van der Waals surface area contributed by atoms with Crippen LogP contribution in [0, 0.1) is 5.92 Å². The average molecular weight is 166 g/mol. The highest BCUT2D eigenvalue weighted by atomic mass is 14.0. The monoisotopic (exact) mass is 166 g/mol. The molecule has 0 heterocycles. The van der Waals surface area contributed by atoms with Crippen molar-refractivity contribution in [2.45, 2.75) is 34.6 Å². The number of hydrogen-bond acceptors (Lipinski definition) is 0. The minimum atomic E-state index is 0.551. The van der Waals surface area contributed by atoms with E-state index in [2.05, 4.69) is 33.9 Å². The van der Waals surface area contributed by atoms with Gasteiger partial charge in [-0.2, -0.15) is 0 Å². The summed E-state index contributed by atoms with van der Waals surface area (Å²) in [6.07, 6.45) is 3.78. The fourth-order valence-corrected chi connectivity index (χ4v) is 0.970. The Morgan fingerprint density at radius 2 is 1.50 bits per heavy atom. The number of allylic oxidation sites excluding steroid dienone is 4. The molecule has 0 aromatic heterocycles. The molecule has 0 N–H and O–H groups in total. The van der Waals surface area contributed by atoms with E-state index in [0.29, 0.717) is 5.92 Å². The van der Waals surface area contributed by atoms with Crippen LogP contribution >= 0.6 is 0 Å². The predicted molar refractivity (Wildman–Crippen MR) is 59.3 cm³/mol. The van der Waals surface area contributed by atoms with Gasteiger partial charge < -0.3 is 0 Å². The smallest absolute Gasteiger partial charge is 0.0216 e. The van der Waals surface area contributed by atoms with E-state index < -0.39 is 0 Å². The summed E-state index contributed by atoms with van der Waals surface area (Å²) in [4.78, 5) is 0. The summed E-state index contributed by atoms with van der Waals surface area (Å²) in [5.74, 6) is 0.551. The predicted octanol–water partition coefficient (Wildman–Crippen LogP) is 4.36.